The SMILES string of the molecule is C[C@@]12C=CCN(c3ccccc3)C(=O)[C@@H]1[C@H]1C(=O)N(CCO)C3C(=O)N(c4ccc5ccccc5c4)CC=C[C@@]31S2. The molecule has 0 aliphatic carbocycles. The van der Waals surface area contributed by atoms with E-state index in [4.69, 9.17) is 0 Å². The maximum absolute atomic E-state index is 14.6. The molecule has 4 heterocycles. The van der Waals surface area contributed by atoms with Gasteiger partial charge in [0, 0.05) is 35.8 Å². The molecule has 4 aliphatic heterocycles. The fourth-order valence-corrected chi connectivity index (χ4v) is 9.44. The summed E-state index contributed by atoms with van der Waals surface area (Å²) in [5.74, 6) is -1.98. The maximum Gasteiger partial charge on any atom is 0.251 e. The Morgan fingerprint density at radius 3 is 2.22 bits per heavy atom. The highest BCUT2D eigenvalue weighted by Gasteiger charge is 2.74. The van der Waals surface area contributed by atoms with E-state index in [1.165, 1.54) is 4.90 Å². The number of amides is 3. The topological polar surface area (TPSA) is 81.2 Å². The summed E-state index contributed by atoms with van der Waals surface area (Å²) in [5, 5.41) is 12.1. The second-order valence-electron chi connectivity index (χ2n) is 11.3. The molecule has 1 unspecified atom stereocenters. The van der Waals surface area contributed by atoms with Crippen LogP contribution >= 0.6 is 11.8 Å². The molecule has 0 bridgehead atoms. The van der Waals surface area contributed by atoms with Crippen LogP contribution in [0.5, 0.6) is 0 Å². The number of benzene rings is 3. The summed E-state index contributed by atoms with van der Waals surface area (Å²) in [7, 11) is 0. The van der Waals surface area contributed by atoms with Gasteiger partial charge in [-0.25, -0.2) is 0 Å². The number of aliphatic hydroxyl groups is 1. The van der Waals surface area contributed by atoms with Gasteiger partial charge < -0.3 is 19.8 Å². The summed E-state index contributed by atoms with van der Waals surface area (Å²) < 4.78 is -1.64. The molecule has 208 valence electrons. The minimum Gasteiger partial charge on any atom is -0.395 e. The third kappa shape index (κ3) is 3.81. The highest BCUT2D eigenvalue weighted by Crippen LogP contribution is 2.65. The number of aliphatic hydroxyl groups excluding tert-OH is 1. The van der Waals surface area contributed by atoms with Gasteiger partial charge in [0.15, 0.2) is 0 Å². The molecule has 0 saturated carbocycles. The number of carbonyl (C=O) groups is 3. The summed E-state index contributed by atoms with van der Waals surface area (Å²) in [4.78, 5) is 48.2. The molecule has 1 spiro atoms. The first-order chi connectivity index (χ1) is 19.9. The number of nitrogens with zero attached hydrogens (tertiary/aromatic N) is 3. The van der Waals surface area contributed by atoms with E-state index in [-0.39, 0.29) is 30.9 Å². The quantitative estimate of drug-likeness (QED) is 0.484. The number of hydrogen-bond donors (Lipinski definition) is 1. The summed E-state index contributed by atoms with van der Waals surface area (Å²) in [5.41, 5.74) is 1.53. The standard InChI is InChI=1S/C33H31N3O4S/c1-32-15-7-17-34(24-11-3-2-4-12-24)29(38)26(32)27-30(39)36(19-20-37)28-31(40)35(18-8-16-33(27,28)41-32)25-14-13-22-9-5-6-10-23(22)21-25/h2-16,21,26-28,37H,17-20H2,1H3/t26-,27-,28?,32+,33-/m0/s1. The van der Waals surface area contributed by atoms with Gasteiger partial charge in [0.05, 0.1) is 23.2 Å². The molecule has 0 aromatic heterocycles. The predicted molar refractivity (Wildman–Crippen MR) is 162 cm³/mol. The van der Waals surface area contributed by atoms with E-state index in [1.54, 1.807) is 21.6 Å². The van der Waals surface area contributed by atoms with Crippen molar-refractivity contribution < 1.29 is 19.5 Å². The van der Waals surface area contributed by atoms with Crippen LogP contribution in [0, 0.1) is 11.8 Å². The van der Waals surface area contributed by atoms with Crippen LogP contribution < -0.4 is 9.80 Å². The van der Waals surface area contributed by atoms with Crippen molar-refractivity contribution in [2.45, 2.75) is 22.5 Å². The lowest BCUT2D eigenvalue weighted by molar-refractivity contribution is -0.139. The van der Waals surface area contributed by atoms with E-state index in [2.05, 4.69) is 6.08 Å². The number of hydrogen-bond acceptors (Lipinski definition) is 5. The lowest BCUT2D eigenvalue weighted by Gasteiger charge is -2.36. The number of anilines is 2. The number of β-amino-alcohol motifs (C(OH)–C–C–N with tert-alkyl or cyclic N) is 1. The van der Waals surface area contributed by atoms with E-state index in [9.17, 15) is 19.5 Å². The highest BCUT2D eigenvalue weighted by atomic mass is 32.2. The maximum atomic E-state index is 14.6. The summed E-state index contributed by atoms with van der Waals surface area (Å²) in [6.45, 7) is 2.55. The van der Waals surface area contributed by atoms with Gasteiger partial charge in [-0.3, -0.25) is 14.4 Å². The molecule has 5 atom stereocenters. The smallest absolute Gasteiger partial charge is 0.251 e. The molecule has 3 aromatic rings. The first-order valence-electron chi connectivity index (χ1n) is 14.0. The van der Waals surface area contributed by atoms with Crippen molar-refractivity contribution in [2.75, 3.05) is 36.0 Å². The van der Waals surface area contributed by atoms with Crippen LogP contribution in [-0.2, 0) is 14.4 Å². The Balaban J connectivity index is 1.33. The van der Waals surface area contributed by atoms with Crippen molar-refractivity contribution in [2.24, 2.45) is 11.8 Å². The van der Waals surface area contributed by atoms with Gasteiger partial charge >= 0.3 is 0 Å². The van der Waals surface area contributed by atoms with Crippen molar-refractivity contribution in [1.82, 2.24) is 4.90 Å². The highest BCUT2D eigenvalue weighted by molar-refractivity contribution is 8.02. The summed E-state index contributed by atoms with van der Waals surface area (Å²) >= 11 is 1.55. The third-order valence-corrected chi connectivity index (χ3v) is 10.8. The molecule has 7 rings (SSSR count). The van der Waals surface area contributed by atoms with Gasteiger partial charge in [-0.15, -0.1) is 11.8 Å². The predicted octanol–water partition coefficient (Wildman–Crippen LogP) is 4.03. The van der Waals surface area contributed by atoms with Gasteiger partial charge in [0.2, 0.25) is 11.8 Å². The molecule has 41 heavy (non-hydrogen) atoms. The zero-order chi connectivity index (χ0) is 28.4. The number of thioether (sulfide) groups is 1. The van der Waals surface area contributed by atoms with E-state index in [0.29, 0.717) is 13.1 Å². The molecule has 2 fully saturated rings. The Morgan fingerprint density at radius 2 is 1.46 bits per heavy atom. The van der Waals surface area contributed by atoms with Crippen LogP contribution in [0.25, 0.3) is 10.8 Å². The summed E-state index contributed by atoms with van der Waals surface area (Å²) in [6, 6.07) is 22.6. The van der Waals surface area contributed by atoms with Gasteiger partial charge in [-0.1, -0.05) is 72.8 Å². The number of rotatable bonds is 4. The van der Waals surface area contributed by atoms with Gasteiger partial charge in [-0.05, 0) is 42.0 Å². The molecule has 0 radical (unpaired) electrons. The van der Waals surface area contributed by atoms with Crippen molar-refractivity contribution >= 4 is 51.6 Å². The fourth-order valence-electron chi connectivity index (χ4n) is 7.29. The minimum atomic E-state index is -0.950. The fraction of sp³-hybridized carbons (Fsp3) is 0.303. The van der Waals surface area contributed by atoms with Crippen LogP contribution in [-0.4, -0.2) is 69.5 Å². The average molecular weight is 566 g/mol. The first kappa shape index (κ1) is 26.0. The number of carbonyl (C=O) groups excluding carboxylic acids is 3. The van der Waals surface area contributed by atoms with Crippen LogP contribution in [0.1, 0.15) is 6.92 Å². The van der Waals surface area contributed by atoms with E-state index < -0.39 is 27.4 Å². The summed E-state index contributed by atoms with van der Waals surface area (Å²) in [6.07, 6.45) is 8.04. The third-order valence-electron chi connectivity index (χ3n) is 9.01. The number of para-hydroxylation sites is 1. The Hall–Kier alpha value is -3.88. The number of fused-ring (bicyclic) bond motifs is 3. The van der Waals surface area contributed by atoms with Crippen LogP contribution in [0.2, 0.25) is 0 Å². The zero-order valence-electron chi connectivity index (χ0n) is 22.7. The average Bonchev–Trinajstić information content (AvgIpc) is 3.24. The minimum absolute atomic E-state index is 0.0311. The first-order valence-corrected chi connectivity index (χ1v) is 14.8. The van der Waals surface area contributed by atoms with E-state index in [1.807, 2.05) is 97.9 Å². The Kier molecular flexibility index (Phi) is 6.10. The lowest BCUT2D eigenvalue weighted by atomic mass is 9.74. The van der Waals surface area contributed by atoms with Crippen molar-refractivity contribution in [1.29, 1.82) is 0 Å². The number of likely N-dealkylation sites (tertiary alicyclic amines) is 1. The van der Waals surface area contributed by atoms with Crippen molar-refractivity contribution in [3.05, 3.63) is 97.1 Å². The molecule has 3 aromatic carbocycles. The Morgan fingerprint density at radius 1 is 0.780 bits per heavy atom. The van der Waals surface area contributed by atoms with E-state index >= 15 is 0 Å². The van der Waals surface area contributed by atoms with Crippen LogP contribution in [0.4, 0.5) is 11.4 Å². The van der Waals surface area contributed by atoms with Gasteiger partial charge in [-0.2, -0.15) is 0 Å². The monoisotopic (exact) mass is 565 g/mol. The molecule has 7 nitrogen and oxygen atoms in total. The largest absolute Gasteiger partial charge is 0.395 e. The van der Waals surface area contributed by atoms with Crippen LogP contribution in [0.15, 0.2) is 97.1 Å². The van der Waals surface area contributed by atoms with E-state index in [0.717, 1.165) is 22.1 Å². The second kappa shape index (κ2) is 9.60. The zero-order valence-corrected chi connectivity index (χ0v) is 23.5. The van der Waals surface area contributed by atoms with Crippen molar-refractivity contribution in [3.8, 4) is 0 Å². The van der Waals surface area contributed by atoms with Crippen molar-refractivity contribution in [3.63, 3.8) is 0 Å². The Bertz CT molecular complexity index is 1620. The van der Waals surface area contributed by atoms with Gasteiger partial charge in [0.25, 0.3) is 5.91 Å². The molecular formula is C33H31N3O4S. The lowest BCUT2D eigenvalue weighted by Crippen LogP contribution is -2.54. The van der Waals surface area contributed by atoms with Gasteiger partial charge in [0.1, 0.15) is 6.04 Å². The molecule has 1 N–H and O–H groups in total. The molecule has 4 aliphatic rings. The molecule has 2 saturated heterocycles. The molecular weight excluding hydrogens is 534 g/mol. The molecule has 8 heteroatoms. The molecule has 3 amide bonds. The van der Waals surface area contributed by atoms with Crippen LogP contribution in [0.3, 0.4) is 0 Å². The normalized spacial score (nSPS) is 30.8. The second-order valence-corrected chi connectivity index (χ2v) is 13.1. The Labute approximate surface area is 243 Å².